The van der Waals surface area contributed by atoms with Gasteiger partial charge in [0, 0.05) is 10.0 Å². The SMILES string of the molecule is O=C(NN=CC(Br)=Cc1ccccc1)c1cc(-c2ccccc2Cl)n[nH]1. The summed E-state index contributed by atoms with van der Waals surface area (Å²) in [6, 6.07) is 18.7. The van der Waals surface area contributed by atoms with Crippen molar-refractivity contribution in [1.29, 1.82) is 0 Å². The lowest BCUT2D eigenvalue weighted by Crippen LogP contribution is -2.17. The minimum Gasteiger partial charge on any atom is -0.272 e. The van der Waals surface area contributed by atoms with E-state index in [1.54, 1.807) is 12.1 Å². The molecule has 26 heavy (non-hydrogen) atoms. The third-order valence-corrected chi connectivity index (χ3v) is 4.19. The molecule has 130 valence electrons. The zero-order chi connectivity index (χ0) is 18.4. The van der Waals surface area contributed by atoms with Crippen LogP contribution >= 0.6 is 27.5 Å². The molecule has 2 N–H and O–H groups in total. The van der Waals surface area contributed by atoms with Crippen LogP contribution in [0.15, 0.2) is 70.2 Å². The van der Waals surface area contributed by atoms with Gasteiger partial charge in [-0.1, -0.05) is 60.1 Å². The molecule has 0 atom stereocenters. The molecule has 2 aromatic carbocycles. The molecule has 3 aromatic rings. The van der Waals surface area contributed by atoms with Gasteiger partial charge >= 0.3 is 0 Å². The summed E-state index contributed by atoms with van der Waals surface area (Å²) in [5, 5.41) is 11.3. The quantitative estimate of drug-likeness (QED) is 0.448. The van der Waals surface area contributed by atoms with Gasteiger partial charge in [-0.2, -0.15) is 10.2 Å². The molecule has 1 amide bonds. The number of halogens is 2. The van der Waals surface area contributed by atoms with Gasteiger partial charge in [0.25, 0.3) is 5.91 Å². The van der Waals surface area contributed by atoms with E-state index in [-0.39, 0.29) is 0 Å². The second kappa shape index (κ2) is 8.60. The molecule has 0 aliphatic heterocycles. The Morgan fingerprint density at radius 3 is 2.65 bits per heavy atom. The molecule has 1 heterocycles. The monoisotopic (exact) mass is 428 g/mol. The van der Waals surface area contributed by atoms with E-state index in [4.69, 9.17) is 11.6 Å². The summed E-state index contributed by atoms with van der Waals surface area (Å²) in [7, 11) is 0. The second-order valence-corrected chi connectivity index (χ2v) is 6.61. The highest BCUT2D eigenvalue weighted by molar-refractivity contribution is 9.12. The number of hydrazone groups is 1. The lowest BCUT2D eigenvalue weighted by atomic mass is 10.1. The number of rotatable bonds is 5. The molecular weight excluding hydrogens is 416 g/mol. The molecule has 0 bridgehead atoms. The van der Waals surface area contributed by atoms with Crippen molar-refractivity contribution in [2.24, 2.45) is 5.10 Å². The molecule has 0 fully saturated rings. The molecule has 0 radical (unpaired) electrons. The Labute approximate surface area is 163 Å². The summed E-state index contributed by atoms with van der Waals surface area (Å²) in [4.78, 5) is 12.2. The summed E-state index contributed by atoms with van der Waals surface area (Å²) in [5.41, 5.74) is 5.11. The van der Waals surface area contributed by atoms with Crippen LogP contribution in [0.5, 0.6) is 0 Å². The van der Waals surface area contributed by atoms with Crippen LogP contribution in [0.2, 0.25) is 5.02 Å². The summed E-state index contributed by atoms with van der Waals surface area (Å²) < 4.78 is 0.727. The van der Waals surface area contributed by atoms with Gasteiger partial charge < -0.3 is 0 Å². The number of H-pyrrole nitrogens is 1. The fraction of sp³-hybridized carbons (Fsp3) is 0. The largest absolute Gasteiger partial charge is 0.289 e. The predicted octanol–water partition coefficient (Wildman–Crippen LogP) is 4.88. The van der Waals surface area contributed by atoms with Crippen LogP contribution in [0.4, 0.5) is 0 Å². The van der Waals surface area contributed by atoms with Crippen LogP contribution in [0, 0.1) is 0 Å². The van der Waals surface area contributed by atoms with Crippen molar-refractivity contribution in [3.05, 3.63) is 81.4 Å². The van der Waals surface area contributed by atoms with Crippen LogP contribution in [-0.4, -0.2) is 22.3 Å². The Morgan fingerprint density at radius 1 is 1.15 bits per heavy atom. The third-order valence-electron chi connectivity index (χ3n) is 3.43. The van der Waals surface area contributed by atoms with E-state index in [0.29, 0.717) is 16.4 Å². The molecule has 1 aromatic heterocycles. The summed E-state index contributed by atoms with van der Waals surface area (Å²) >= 11 is 9.53. The standard InChI is InChI=1S/C19H14BrClN4O/c20-14(10-13-6-2-1-3-7-13)12-22-25-19(26)18-11-17(23-24-18)15-8-4-5-9-16(15)21/h1-12H,(H,23,24)(H,25,26). The normalized spacial score (nSPS) is 11.7. The average Bonchev–Trinajstić information content (AvgIpc) is 3.13. The number of allylic oxidation sites excluding steroid dienone is 1. The molecule has 7 heteroatoms. The van der Waals surface area contributed by atoms with Gasteiger partial charge in [-0.05, 0) is 39.7 Å². The number of hydrogen-bond donors (Lipinski definition) is 2. The Balaban J connectivity index is 1.64. The molecule has 0 aliphatic carbocycles. The van der Waals surface area contributed by atoms with E-state index in [0.717, 1.165) is 15.6 Å². The fourth-order valence-electron chi connectivity index (χ4n) is 2.20. The summed E-state index contributed by atoms with van der Waals surface area (Å²) in [6.07, 6.45) is 3.40. The topological polar surface area (TPSA) is 70.1 Å². The number of benzene rings is 2. The van der Waals surface area contributed by atoms with Crippen molar-refractivity contribution in [3.8, 4) is 11.3 Å². The van der Waals surface area contributed by atoms with E-state index < -0.39 is 5.91 Å². The number of amides is 1. The van der Waals surface area contributed by atoms with E-state index in [9.17, 15) is 4.79 Å². The third kappa shape index (κ3) is 4.68. The molecule has 0 aliphatic rings. The first-order chi connectivity index (χ1) is 12.6. The lowest BCUT2D eigenvalue weighted by Gasteiger charge is -1.98. The van der Waals surface area contributed by atoms with Gasteiger partial charge in [0.15, 0.2) is 0 Å². The zero-order valence-corrected chi connectivity index (χ0v) is 15.8. The molecule has 0 spiro atoms. The van der Waals surface area contributed by atoms with Crippen LogP contribution in [0.3, 0.4) is 0 Å². The van der Waals surface area contributed by atoms with E-state index in [2.05, 4.69) is 36.7 Å². The number of nitrogens with one attached hydrogen (secondary N) is 2. The number of nitrogens with zero attached hydrogens (tertiary/aromatic N) is 2. The smallest absolute Gasteiger partial charge is 0.272 e. The first kappa shape index (κ1) is 18.1. The highest BCUT2D eigenvalue weighted by atomic mass is 79.9. The maximum atomic E-state index is 12.2. The number of carbonyl (C=O) groups is 1. The Kier molecular flexibility index (Phi) is 5.99. The number of carbonyl (C=O) groups excluding carboxylic acids is 1. The number of hydrogen-bond acceptors (Lipinski definition) is 3. The van der Waals surface area contributed by atoms with Crippen molar-refractivity contribution in [3.63, 3.8) is 0 Å². The van der Waals surface area contributed by atoms with Crippen molar-refractivity contribution in [2.45, 2.75) is 0 Å². The van der Waals surface area contributed by atoms with Gasteiger partial charge in [0.05, 0.1) is 16.9 Å². The van der Waals surface area contributed by atoms with E-state index in [1.807, 2.05) is 54.6 Å². The van der Waals surface area contributed by atoms with Crippen LogP contribution < -0.4 is 5.43 Å². The minimum atomic E-state index is -0.396. The van der Waals surface area contributed by atoms with Crippen molar-refractivity contribution in [2.75, 3.05) is 0 Å². The Hall–Kier alpha value is -2.70. The zero-order valence-electron chi connectivity index (χ0n) is 13.5. The van der Waals surface area contributed by atoms with Gasteiger partial charge in [0.2, 0.25) is 0 Å². The van der Waals surface area contributed by atoms with E-state index in [1.165, 1.54) is 6.21 Å². The van der Waals surface area contributed by atoms with Crippen molar-refractivity contribution in [1.82, 2.24) is 15.6 Å². The van der Waals surface area contributed by atoms with Gasteiger partial charge in [0.1, 0.15) is 5.69 Å². The lowest BCUT2D eigenvalue weighted by molar-refractivity contribution is 0.0950. The molecule has 0 saturated carbocycles. The van der Waals surface area contributed by atoms with E-state index >= 15 is 0 Å². The highest BCUT2D eigenvalue weighted by Crippen LogP contribution is 2.26. The average molecular weight is 430 g/mol. The molecule has 0 saturated heterocycles. The van der Waals surface area contributed by atoms with Gasteiger partial charge in [-0.3, -0.25) is 9.89 Å². The van der Waals surface area contributed by atoms with Gasteiger partial charge in [-0.25, -0.2) is 5.43 Å². The number of aromatic amines is 1. The first-order valence-electron chi connectivity index (χ1n) is 7.69. The summed E-state index contributed by atoms with van der Waals surface area (Å²) in [6.45, 7) is 0. The predicted molar refractivity (Wildman–Crippen MR) is 108 cm³/mol. The Morgan fingerprint density at radius 2 is 1.88 bits per heavy atom. The maximum Gasteiger partial charge on any atom is 0.289 e. The van der Waals surface area contributed by atoms with Gasteiger partial charge in [-0.15, -0.1) is 0 Å². The fourth-order valence-corrected chi connectivity index (χ4v) is 2.80. The van der Waals surface area contributed by atoms with Crippen LogP contribution in [0.1, 0.15) is 16.1 Å². The molecule has 0 unspecified atom stereocenters. The van der Waals surface area contributed by atoms with Crippen LogP contribution in [-0.2, 0) is 0 Å². The maximum absolute atomic E-state index is 12.2. The Bertz CT molecular complexity index is 966. The number of aromatic nitrogens is 2. The second-order valence-electron chi connectivity index (χ2n) is 5.29. The highest BCUT2D eigenvalue weighted by Gasteiger charge is 2.12. The molecule has 5 nitrogen and oxygen atoms in total. The summed E-state index contributed by atoms with van der Waals surface area (Å²) in [5.74, 6) is -0.396. The van der Waals surface area contributed by atoms with Crippen molar-refractivity contribution >= 4 is 45.7 Å². The van der Waals surface area contributed by atoms with Crippen LogP contribution in [0.25, 0.3) is 17.3 Å². The molecular formula is C19H14BrClN4O. The van der Waals surface area contributed by atoms with Crippen molar-refractivity contribution < 1.29 is 4.79 Å². The molecule has 3 rings (SSSR count). The first-order valence-corrected chi connectivity index (χ1v) is 8.86. The minimum absolute atomic E-state index is 0.292.